The first kappa shape index (κ1) is 22.3. The summed E-state index contributed by atoms with van der Waals surface area (Å²) >= 11 is 13.5. The number of thiazole rings is 1. The molecule has 0 aliphatic carbocycles. The van der Waals surface area contributed by atoms with Crippen LogP contribution in [0.5, 0.6) is 11.5 Å². The van der Waals surface area contributed by atoms with Crippen LogP contribution in [0.1, 0.15) is 12.6 Å². The summed E-state index contributed by atoms with van der Waals surface area (Å²) in [5, 5.41) is 1.36. The molecule has 164 valence electrons. The quantitative estimate of drug-likeness (QED) is 0.304. The van der Waals surface area contributed by atoms with Gasteiger partial charge in [-0.15, -0.1) is 0 Å². The van der Waals surface area contributed by atoms with Crippen LogP contribution < -0.4 is 14.4 Å². The third-order valence-corrected chi connectivity index (χ3v) is 6.07. The maximum Gasteiger partial charge on any atom is 0.267 e. The molecule has 2 heterocycles. The lowest BCUT2D eigenvalue weighted by atomic mass is 10.3. The number of amides is 1. The van der Waals surface area contributed by atoms with Crippen molar-refractivity contribution in [2.75, 3.05) is 18.1 Å². The number of nitrogens with zero attached hydrogens (tertiary/aromatic N) is 3. The number of hydrogen-bond acceptors (Lipinski definition) is 6. The van der Waals surface area contributed by atoms with Crippen LogP contribution in [0.4, 0.5) is 5.13 Å². The van der Waals surface area contributed by atoms with E-state index in [-0.39, 0.29) is 19.1 Å². The number of hydrogen-bond donors (Lipinski definition) is 0. The van der Waals surface area contributed by atoms with Crippen LogP contribution in [0.3, 0.4) is 0 Å². The average Bonchev–Trinajstić information content (AvgIpc) is 3.22. The van der Waals surface area contributed by atoms with Crippen LogP contribution >= 0.6 is 34.5 Å². The zero-order chi connectivity index (χ0) is 22.5. The molecular formula is C23H19Cl2N3O3S. The number of carbonyl (C=O) groups excluding carboxylic acids is 1. The number of carbonyl (C=O) groups is 1. The Bertz CT molecular complexity index is 1230. The minimum absolute atomic E-state index is 0.220. The summed E-state index contributed by atoms with van der Waals surface area (Å²) in [5.41, 5.74) is 1.45. The zero-order valence-corrected chi connectivity index (χ0v) is 19.5. The van der Waals surface area contributed by atoms with Gasteiger partial charge in [0, 0.05) is 11.2 Å². The molecule has 9 heteroatoms. The van der Waals surface area contributed by atoms with E-state index in [0.29, 0.717) is 33.3 Å². The summed E-state index contributed by atoms with van der Waals surface area (Å²) in [7, 11) is 0. The van der Waals surface area contributed by atoms with Crippen molar-refractivity contribution in [3.63, 3.8) is 0 Å². The van der Waals surface area contributed by atoms with E-state index in [0.717, 1.165) is 15.9 Å². The van der Waals surface area contributed by atoms with E-state index < -0.39 is 0 Å². The maximum absolute atomic E-state index is 13.2. The van der Waals surface area contributed by atoms with Crippen LogP contribution in [0, 0.1) is 0 Å². The number of para-hydroxylation sites is 1. The van der Waals surface area contributed by atoms with Crippen molar-refractivity contribution >= 4 is 55.8 Å². The van der Waals surface area contributed by atoms with Crippen molar-refractivity contribution in [3.8, 4) is 11.5 Å². The second-order valence-electron chi connectivity index (χ2n) is 6.70. The Morgan fingerprint density at radius 2 is 1.94 bits per heavy atom. The Balaban J connectivity index is 1.63. The number of aromatic nitrogens is 2. The van der Waals surface area contributed by atoms with Crippen LogP contribution in [0.15, 0.2) is 60.8 Å². The van der Waals surface area contributed by atoms with E-state index in [2.05, 4.69) is 4.98 Å². The summed E-state index contributed by atoms with van der Waals surface area (Å²) in [4.78, 5) is 23.8. The molecule has 0 N–H and O–H groups in total. The molecule has 0 spiro atoms. The molecule has 0 aliphatic rings. The number of benzene rings is 2. The first-order valence-corrected chi connectivity index (χ1v) is 11.4. The van der Waals surface area contributed by atoms with E-state index >= 15 is 0 Å². The van der Waals surface area contributed by atoms with Gasteiger partial charge in [-0.05, 0) is 49.4 Å². The minimum Gasteiger partial charge on any atom is -0.492 e. The second kappa shape index (κ2) is 10.2. The third-order valence-electron chi connectivity index (χ3n) is 4.49. The molecule has 6 nitrogen and oxygen atoms in total. The standard InChI is InChI=1S/C23H19Cl2N3O3S/c1-2-30-19-7-5-8-20-22(19)27-23(32-20)28(13-16-6-3-4-11-26-16)21(29)14-31-18-10-9-15(24)12-17(18)25/h3-12H,2,13-14H2,1H3. The number of ether oxygens (including phenoxy) is 2. The maximum atomic E-state index is 13.2. The highest BCUT2D eigenvalue weighted by molar-refractivity contribution is 7.22. The SMILES string of the molecule is CCOc1cccc2sc(N(Cc3ccccn3)C(=O)COc3ccc(Cl)cc3Cl)nc12. The van der Waals surface area contributed by atoms with Gasteiger partial charge in [0.25, 0.3) is 5.91 Å². The molecule has 1 amide bonds. The molecule has 32 heavy (non-hydrogen) atoms. The van der Waals surface area contributed by atoms with E-state index in [4.69, 9.17) is 37.7 Å². The lowest BCUT2D eigenvalue weighted by molar-refractivity contribution is -0.120. The molecule has 2 aromatic carbocycles. The average molecular weight is 488 g/mol. The predicted octanol–water partition coefficient (Wildman–Crippen LogP) is 6.01. The Morgan fingerprint density at radius 1 is 1.06 bits per heavy atom. The molecule has 0 saturated carbocycles. The number of pyridine rings is 1. The van der Waals surface area contributed by atoms with Crippen molar-refractivity contribution in [1.29, 1.82) is 0 Å². The lowest BCUT2D eigenvalue weighted by Crippen LogP contribution is -2.34. The van der Waals surface area contributed by atoms with Gasteiger partial charge in [-0.2, -0.15) is 0 Å². The first-order chi connectivity index (χ1) is 15.5. The highest BCUT2D eigenvalue weighted by Crippen LogP contribution is 2.35. The van der Waals surface area contributed by atoms with Gasteiger partial charge >= 0.3 is 0 Å². The summed E-state index contributed by atoms with van der Waals surface area (Å²) in [6.45, 7) is 2.48. The van der Waals surface area contributed by atoms with Crippen molar-refractivity contribution in [2.45, 2.75) is 13.5 Å². The molecule has 0 saturated heterocycles. The summed E-state index contributed by atoms with van der Waals surface area (Å²) in [6, 6.07) is 16.1. The molecule has 4 aromatic rings. The fourth-order valence-electron chi connectivity index (χ4n) is 3.02. The molecule has 0 radical (unpaired) electrons. The summed E-state index contributed by atoms with van der Waals surface area (Å²) < 4.78 is 12.3. The second-order valence-corrected chi connectivity index (χ2v) is 8.55. The van der Waals surface area contributed by atoms with Gasteiger partial charge in [0.1, 0.15) is 17.0 Å². The molecule has 0 unspecified atom stereocenters. The van der Waals surface area contributed by atoms with Gasteiger partial charge in [-0.25, -0.2) is 4.98 Å². The fourth-order valence-corrected chi connectivity index (χ4v) is 4.49. The van der Waals surface area contributed by atoms with E-state index in [1.807, 2.05) is 43.3 Å². The highest BCUT2D eigenvalue weighted by Gasteiger charge is 2.22. The lowest BCUT2D eigenvalue weighted by Gasteiger charge is -2.20. The monoisotopic (exact) mass is 487 g/mol. The molecule has 0 aliphatic heterocycles. The number of fused-ring (bicyclic) bond motifs is 1. The van der Waals surface area contributed by atoms with Gasteiger partial charge in [-0.3, -0.25) is 14.7 Å². The zero-order valence-electron chi connectivity index (χ0n) is 17.1. The van der Waals surface area contributed by atoms with Crippen molar-refractivity contribution in [1.82, 2.24) is 9.97 Å². The van der Waals surface area contributed by atoms with Gasteiger partial charge in [0.05, 0.1) is 28.6 Å². The third kappa shape index (κ3) is 5.12. The number of halogens is 2. The highest BCUT2D eigenvalue weighted by atomic mass is 35.5. The van der Waals surface area contributed by atoms with Crippen molar-refractivity contribution < 1.29 is 14.3 Å². The number of rotatable bonds is 8. The van der Waals surface area contributed by atoms with Gasteiger partial charge < -0.3 is 9.47 Å². The molecule has 2 aromatic heterocycles. The van der Waals surface area contributed by atoms with Crippen LogP contribution in [0.25, 0.3) is 10.2 Å². The molecular weight excluding hydrogens is 469 g/mol. The van der Waals surface area contributed by atoms with Crippen molar-refractivity contribution in [3.05, 3.63) is 76.5 Å². The molecule has 0 bridgehead atoms. The van der Waals surface area contributed by atoms with Crippen molar-refractivity contribution in [2.24, 2.45) is 0 Å². The van der Waals surface area contributed by atoms with E-state index in [1.165, 1.54) is 11.3 Å². The number of anilines is 1. The van der Waals surface area contributed by atoms with Crippen LogP contribution in [0.2, 0.25) is 10.0 Å². The Morgan fingerprint density at radius 3 is 2.69 bits per heavy atom. The molecule has 4 rings (SSSR count). The largest absolute Gasteiger partial charge is 0.492 e. The summed E-state index contributed by atoms with van der Waals surface area (Å²) in [6.07, 6.45) is 1.69. The van der Waals surface area contributed by atoms with E-state index in [1.54, 1.807) is 29.3 Å². The van der Waals surface area contributed by atoms with Crippen LogP contribution in [-0.4, -0.2) is 29.1 Å². The molecule has 0 atom stereocenters. The Kier molecular flexibility index (Phi) is 7.09. The summed E-state index contributed by atoms with van der Waals surface area (Å²) in [5.74, 6) is 0.783. The predicted molar refractivity (Wildman–Crippen MR) is 128 cm³/mol. The fraction of sp³-hybridized carbons (Fsp3) is 0.174. The van der Waals surface area contributed by atoms with Crippen LogP contribution in [-0.2, 0) is 11.3 Å². The van der Waals surface area contributed by atoms with Gasteiger partial charge in [-0.1, -0.05) is 46.7 Å². The topological polar surface area (TPSA) is 64.5 Å². The van der Waals surface area contributed by atoms with Gasteiger partial charge in [0.2, 0.25) is 0 Å². The molecule has 0 fully saturated rings. The normalized spacial score (nSPS) is 10.8. The first-order valence-electron chi connectivity index (χ1n) is 9.85. The van der Waals surface area contributed by atoms with Gasteiger partial charge in [0.15, 0.2) is 11.7 Å². The smallest absolute Gasteiger partial charge is 0.267 e. The Hall–Kier alpha value is -2.87. The van der Waals surface area contributed by atoms with E-state index in [9.17, 15) is 4.79 Å². The Labute approximate surface area is 199 Å². The minimum atomic E-state index is -0.279.